The summed E-state index contributed by atoms with van der Waals surface area (Å²) in [4.78, 5) is 42.3. The zero-order chi connectivity index (χ0) is 28.3. The molecule has 1 saturated carbocycles. The lowest BCUT2D eigenvalue weighted by Gasteiger charge is -2.51. The van der Waals surface area contributed by atoms with Crippen LogP contribution in [0.5, 0.6) is 11.5 Å². The Balaban J connectivity index is 0.00000387. The second kappa shape index (κ2) is 13.2. The van der Waals surface area contributed by atoms with Crippen molar-refractivity contribution in [3.63, 3.8) is 0 Å². The summed E-state index contributed by atoms with van der Waals surface area (Å²) >= 11 is 0. The van der Waals surface area contributed by atoms with Crippen LogP contribution in [0.3, 0.4) is 0 Å². The van der Waals surface area contributed by atoms with Gasteiger partial charge in [0.1, 0.15) is 23.1 Å². The van der Waals surface area contributed by atoms with Crippen LogP contribution in [0.4, 0.5) is 0 Å². The molecule has 2 aromatic carbocycles. The van der Waals surface area contributed by atoms with Crippen molar-refractivity contribution < 1.29 is 24.2 Å². The highest BCUT2D eigenvalue weighted by molar-refractivity contribution is 6.00. The van der Waals surface area contributed by atoms with E-state index in [0.29, 0.717) is 43.0 Å². The van der Waals surface area contributed by atoms with E-state index < -0.39 is 17.7 Å². The molecular formula is C31H41ClN4O5. The third-order valence-corrected chi connectivity index (χ3v) is 9.01. The molecule has 9 nitrogen and oxygen atoms in total. The van der Waals surface area contributed by atoms with Crippen molar-refractivity contribution in [2.24, 2.45) is 5.92 Å². The number of aliphatic hydroxyl groups is 1. The van der Waals surface area contributed by atoms with Crippen molar-refractivity contribution in [1.29, 1.82) is 0 Å². The van der Waals surface area contributed by atoms with Crippen molar-refractivity contribution in [1.82, 2.24) is 20.4 Å². The average molecular weight is 585 g/mol. The van der Waals surface area contributed by atoms with Crippen LogP contribution in [-0.4, -0.2) is 77.5 Å². The Labute approximate surface area is 248 Å². The Morgan fingerprint density at radius 2 is 1.61 bits per heavy atom. The molecule has 3 amide bonds. The number of likely N-dealkylation sites (tertiary alicyclic amines) is 1. The summed E-state index contributed by atoms with van der Waals surface area (Å²) in [6.07, 6.45) is 5.40. The normalized spacial score (nSPS) is 22.0. The minimum Gasteiger partial charge on any atom is -0.457 e. The molecule has 2 atom stereocenters. The summed E-state index contributed by atoms with van der Waals surface area (Å²) < 4.78 is 5.92. The zero-order valence-electron chi connectivity index (χ0n) is 23.8. The summed E-state index contributed by atoms with van der Waals surface area (Å²) in [6.45, 7) is 2.12. The predicted molar refractivity (Wildman–Crippen MR) is 158 cm³/mol. The standard InChI is InChI=1S/C31H40N4O5.ClH/c1-32-28(37)23-10-14-25(15-11-23)40-24-12-8-21(9-13-24)20-35-18-16-31(17-19-35)30(39)33-26(29(38)34(31)2)27(36)22-6-4-3-5-7-22;/h8-15,22,26-27,36H,3-7,16-20H2,1-2H3,(H,32,37)(H,33,39);1H/t26-,27-;/m1./s1. The largest absolute Gasteiger partial charge is 0.457 e. The van der Waals surface area contributed by atoms with Gasteiger partial charge in [0.05, 0.1) is 6.10 Å². The van der Waals surface area contributed by atoms with Gasteiger partial charge in [0.2, 0.25) is 11.8 Å². The van der Waals surface area contributed by atoms with Crippen molar-refractivity contribution >= 4 is 30.1 Å². The number of piperazine rings is 1. The Bertz CT molecular complexity index is 1210. The maximum atomic E-state index is 13.4. The topological polar surface area (TPSA) is 111 Å². The van der Waals surface area contributed by atoms with Gasteiger partial charge in [-0.2, -0.15) is 0 Å². The predicted octanol–water partition coefficient (Wildman–Crippen LogP) is 3.49. The number of hydrogen-bond acceptors (Lipinski definition) is 6. The number of rotatable bonds is 7. The van der Waals surface area contributed by atoms with Gasteiger partial charge in [-0.05, 0) is 73.6 Å². The van der Waals surface area contributed by atoms with Crippen LogP contribution in [0.1, 0.15) is 60.9 Å². The summed E-state index contributed by atoms with van der Waals surface area (Å²) in [5.41, 5.74) is 0.847. The van der Waals surface area contributed by atoms with Gasteiger partial charge in [-0.15, -0.1) is 12.4 Å². The number of benzene rings is 2. The number of piperidine rings is 1. The Kier molecular flexibility index (Phi) is 9.94. The first-order valence-electron chi connectivity index (χ1n) is 14.4. The Hall–Kier alpha value is -3.14. The third-order valence-electron chi connectivity index (χ3n) is 9.01. The van der Waals surface area contributed by atoms with Crippen molar-refractivity contribution in [2.45, 2.75) is 69.2 Å². The van der Waals surface area contributed by atoms with Crippen LogP contribution in [-0.2, 0) is 16.1 Å². The van der Waals surface area contributed by atoms with E-state index in [1.54, 1.807) is 43.3 Å². The molecule has 3 fully saturated rings. The second-order valence-electron chi connectivity index (χ2n) is 11.4. The fourth-order valence-corrected chi connectivity index (χ4v) is 6.41. The van der Waals surface area contributed by atoms with E-state index in [1.807, 2.05) is 24.3 Å². The first-order valence-corrected chi connectivity index (χ1v) is 14.4. The lowest BCUT2D eigenvalue weighted by molar-refractivity contribution is -0.163. The molecule has 0 bridgehead atoms. The molecule has 3 aliphatic rings. The number of amides is 3. The van der Waals surface area contributed by atoms with Crippen LogP contribution in [0, 0.1) is 5.92 Å². The van der Waals surface area contributed by atoms with E-state index in [2.05, 4.69) is 15.5 Å². The molecule has 10 heteroatoms. The van der Waals surface area contributed by atoms with E-state index in [4.69, 9.17) is 4.74 Å². The van der Waals surface area contributed by atoms with Gasteiger partial charge in [-0.25, -0.2) is 0 Å². The molecule has 1 aliphatic carbocycles. The third kappa shape index (κ3) is 6.52. The lowest BCUT2D eigenvalue weighted by atomic mass is 9.78. The highest BCUT2D eigenvalue weighted by atomic mass is 35.5. The Morgan fingerprint density at radius 3 is 2.20 bits per heavy atom. The van der Waals surface area contributed by atoms with E-state index in [0.717, 1.165) is 37.8 Å². The minimum atomic E-state index is -0.860. The molecule has 41 heavy (non-hydrogen) atoms. The molecule has 0 aromatic heterocycles. The van der Waals surface area contributed by atoms with Crippen LogP contribution in [0.25, 0.3) is 0 Å². The highest BCUT2D eigenvalue weighted by Gasteiger charge is 2.54. The van der Waals surface area contributed by atoms with Crippen LogP contribution < -0.4 is 15.4 Å². The van der Waals surface area contributed by atoms with Gasteiger partial charge in [0.25, 0.3) is 5.91 Å². The van der Waals surface area contributed by atoms with E-state index >= 15 is 0 Å². The van der Waals surface area contributed by atoms with Crippen molar-refractivity contribution in [3.05, 3.63) is 59.7 Å². The van der Waals surface area contributed by atoms with Crippen molar-refractivity contribution in [2.75, 3.05) is 27.2 Å². The van der Waals surface area contributed by atoms with Crippen LogP contribution in [0.15, 0.2) is 48.5 Å². The van der Waals surface area contributed by atoms with E-state index in [-0.39, 0.29) is 36.0 Å². The van der Waals surface area contributed by atoms with Crippen LogP contribution >= 0.6 is 12.4 Å². The highest BCUT2D eigenvalue weighted by Crippen LogP contribution is 2.35. The SMILES string of the molecule is CNC(=O)c1ccc(Oc2ccc(CN3CCC4(CC3)C(=O)N[C@H]([C@H](O)C3CCCCC3)C(=O)N4C)cc2)cc1.Cl. The smallest absolute Gasteiger partial charge is 0.251 e. The maximum Gasteiger partial charge on any atom is 0.251 e. The first kappa shape index (κ1) is 30.8. The van der Waals surface area contributed by atoms with Crippen LogP contribution in [0.2, 0.25) is 0 Å². The first-order chi connectivity index (χ1) is 19.3. The molecule has 3 N–H and O–H groups in total. The maximum absolute atomic E-state index is 13.4. The molecule has 1 spiro atoms. The number of carbonyl (C=O) groups is 3. The van der Waals surface area contributed by atoms with Gasteiger partial charge in [-0.3, -0.25) is 19.3 Å². The number of halogens is 1. The molecule has 2 aromatic rings. The number of ether oxygens (including phenoxy) is 1. The number of hydrogen-bond donors (Lipinski definition) is 3. The summed E-state index contributed by atoms with van der Waals surface area (Å²) in [5.74, 6) is 0.972. The molecule has 222 valence electrons. The molecule has 2 aliphatic heterocycles. The fourth-order valence-electron chi connectivity index (χ4n) is 6.41. The van der Waals surface area contributed by atoms with Gasteiger partial charge in [0, 0.05) is 39.3 Å². The minimum absolute atomic E-state index is 0. The molecular weight excluding hydrogens is 544 g/mol. The van der Waals surface area contributed by atoms with Gasteiger partial charge >= 0.3 is 0 Å². The Morgan fingerprint density at radius 1 is 1.02 bits per heavy atom. The second-order valence-corrected chi connectivity index (χ2v) is 11.4. The quantitative estimate of drug-likeness (QED) is 0.459. The molecule has 2 heterocycles. The van der Waals surface area contributed by atoms with Gasteiger partial charge < -0.3 is 25.4 Å². The lowest BCUT2D eigenvalue weighted by Crippen LogP contribution is -2.74. The van der Waals surface area contributed by atoms with Crippen molar-refractivity contribution in [3.8, 4) is 11.5 Å². The van der Waals surface area contributed by atoms with E-state index in [1.165, 1.54) is 6.42 Å². The molecule has 2 saturated heterocycles. The van der Waals surface area contributed by atoms with Gasteiger partial charge in [0.15, 0.2) is 0 Å². The number of nitrogens with zero attached hydrogens (tertiary/aromatic N) is 2. The zero-order valence-corrected chi connectivity index (χ0v) is 24.6. The monoisotopic (exact) mass is 584 g/mol. The number of likely N-dealkylation sites (N-methyl/N-ethyl adjacent to an activating group) is 1. The summed E-state index contributed by atoms with van der Waals surface area (Å²) in [5, 5.41) is 16.5. The molecule has 0 radical (unpaired) electrons. The van der Waals surface area contributed by atoms with Gasteiger partial charge in [-0.1, -0.05) is 31.4 Å². The number of nitrogens with one attached hydrogen (secondary N) is 2. The molecule has 5 rings (SSSR count). The average Bonchev–Trinajstić information content (AvgIpc) is 3.00. The van der Waals surface area contributed by atoms with E-state index in [9.17, 15) is 19.5 Å². The summed E-state index contributed by atoms with van der Waals surface area (Å²) in [6, 6.07) is 14.0. The number of aliphatic hydroxyl groups excluding tert-OH is 1. The number of carbonyl (C=O) groups excluding carboxylic acids is 3. The summed E-state index contributed by atoms with van der Waals surface area (Å²) in [7, 11) is 3.32. The fraction of sp³-hybridized carbons (Fsp3) is 0.516. The molecule has 0 unspecified atom stereocenters.